The smallest absolute Gasteiger partial charge is 0.416 e. The summed E-state index contributed by atoms with van der Waals surface area (Å²) < 4.78 is 56.9. The van der Waals surface area contributed by atoms with Crippen molar-refractivity contribution in [3.05, 3.63) is 52.7 Å². The molecule has 2 N–H and O–H groups in total. The maximum absolute atomic E-state index is 14.1. The van der Waals surface area contributed by atoms with Crippen LogP contribution in [-0.4, -0.2) is 33.9 Å². The fourth-order valence-corrected chi connectivity index (χ4v) is 2.37. The molecule has 1 atom stereocenters. The van der Waals surface area contributed by atoms with Crippen LogP contribution >= 0.6 is 0 Å². The Morgan fingerprint density at radius 1 is 1.21 bits per heavy atom. The third-order valence-electron chi connectivity index (χ3n) is 3.86. The van der Waals surface area contributed by atoms with E-state index >= 15 is 0 Å². The number of hydrogen-bond donors (Lipinski definition) is 1. The third kappa shape index (κ3) is 4.42. The summed E-state index contributed by atoms with van der Waals surface area (Å²) in [7, 11) is 1.32. The van der Waals surface area contributed by atoms with Gasteiger partial charge >= 0.3 is 6.18 Å². The fourth-order valence-electron chi connectivity index (χ4n) is 2.37. The molecule has 0 fully saturated rings. The van der Waals surface area contributed by atoms with Crippen molar-refractivity contribution >= 4 is 11.8 Å². The van der Waals surface area contributed by atoms with Crippen molar-refractivity contribution in [2.75, 3.05) is 7.11 Å². The standard InChI is InChI=1S/C17H16F4N4O3/c1-8(11-5-4-10(6-12(11)18)17(19,20)21)15(26)25(22)16(27)13-7-14(28-3)24-9(2)23-13/h4-8H,22H2,1-3H3. The number of nitrogens with two attached hydrogens (primary N) is 1. The van der Waals surface area contributed by atoms with Gasteiger partial charge in [-0.15, -0.1) is 0 Å². The Kier molecular flexibility index (Phi) is 5.98. The highest BCUT2D eigenvalue weighted by molar-refractivity contribution is 6.04. The molecule has 1 unspecified atom stereocenters. The number of ether oxygens (including phenoxy) is 1. The summed E-state index contributed by atoms with van der Waals surface area (Å²) in [6.45, 7) is 2.70. The van der Waals surface area contributed by atoms with E-state index in [1.165, 1.54) is 21.0 Å². The lowest BCUT2D eigenvalue weighted by Gasteiger charge is -2.20. The zero-order chi connectivity index (χ0) is 21.2. The van der Waals surface area contributed by atoms with E-state index in [4.69, 9.17) is 10.6 Å². The van der Waals surface area contributed by atoms with Gasteiger partial charge in [0.25, 0.3) is 11.8 Å². The predicted octanol–water partition coefficient (Wildman–Crippen LogP) is 2.60. The zero-order valence-corrected chi connectivity index (χ0v) is 15.0. The number of nitrogens with zero attached hydrogens (tertiary/aromatic N) is 3. The summed E-state index contributed by atoms with van der Waals surface area (Å²) in [5.41, 5.74) is -1.77. The van der Waals surface area contributed by atoms with Crippen molar-refractivity contribution in [3.8, 4) is 5.88 Å². The monoisotopic (exact) mass is 400 g/mol. The van der Waals surface area contributed by atoms with Crippen LogP contribution in [0.5, 0.6) is 5.88 Å². The van der Waals surface area contributed by atoms with E-state index in [0.717, 1.165) is 12.1 Å². The van der Waals surface area contributed by atoms with Crippen LogP contribution in [-0.2, 0) is 11.0 Å². The molecule has 0 aliphatic heterocycles. The van der Waals surface area contributed by atoms with Gasteiger partial charge in [0, 0.05) is 11.6 Å². The number of imide groups is 1. The molecule has 2 rings (SSSR count). The minimum Gasteiger partial charge on any atom is -0.481 e. The largest absolute Gasteiger partial charge is 0.481 e. The second-order valence-electron chi connectivity index (χ2n) is 5.81. The Hall–Kier alpha value is -3.08. The minimum absolute atomic E-state index is 0.0681. The Balaban J connectivity index is 2.27. The number of hydrogen-bond acceptors (Lipinski definition) is 6. The van der Waals surface area contributed by atoms with Crippen LogP contribution in [0.3, 0.4) is 0 Å². The molecule has 1 heterocycles. The number of aromatic nitrogens is 2. The van der Waals surface area contributed by atoms with Gasteiger partial charge in [-0.05, 0) is 26.0 Å². The molecule has 1 aromatic heterocycles. The number of carbonyl (C=O) groups is 2. The molecule has 0 spiro atoms. The molecule has 150 valence electrons. The lowest BCUT2D eigenvalue weighted by Crippen LogP contribution is -2.45. The van der Waals surface area contributed by atoms with Crippen LogP contribution < -0.4 is 10.6 Å². The predicted molar refractivity (Wildman–Crippen MR) is 88.5 cm³/mol. The molecule has 28 heavy (non-hydrogen) atoms. The highest BCUT2D eigenvalue weighted by Crippen LogP contribution is 2.32. The normalized spacial score (nSPS) is 12.4. The number of methoxy groups -OCH3 is 1. The number of hydrazine groups is 1. The van der Waals surface area contributed by atoms with E-state index in [0.29, 0.717) is 6.07 Å². The van der Waals surface area contributed by atoms with Gasteiger partial charge in [-0.1, -0.05) is 6.07 Å². The van der Waals surface area contributed by atoms with E-state index in [9.17, 15) is 27.2 Å². The van der Waals surface area contributed by atoms with Crippen LogP contribution in [0.25, 0.3) is 0 Å². The van der Waals surface area contributed by atoms with Crippen molar-refractivity contribution in [3.63, 3.8) is 0 Å². The van der Waals surface area contributed by atoms with Gasteiger partial charge in [0.2, 0.25) is 5.88 Å². The van der Waals surface area contributed by atoms with E-state index in [2.05, 4.69) is 9.97 Å². The molecular weight excluding hydrogens is 384 g/mol. The molecule has 0 radical (unpaired) electrons. The van der Waals surface area contributed by atoms with Gasteiger partial charge in [0.05, 0.1) is 18.6 Å². The Bertz CT molecular complexity index is 918. The zero-order valence-electron chi connectivity index (χ0n) is 15.0. The Morgan fingerprint density at radius 2 is 1.86 bits per heavy atom. The highest BCUT2D eigenvalue weighted by Gasteiger charge is 2.33. The van der Waals surface area contributed by atoms with Gasteiger partial charge in [0.1, 0.15) is 17.3 Å². The summed E-state index contributed by atoms with van der Waals surface area (Å²) in [4.78, 5) is 32.6. The first kappa shape index (κ1) is 21.2. The van der Waals surface area contributed by atoms with Crippen LogP contribution in [0.2, 0.25) is 0 Å². The summed E-state index contributed by atoms with van der Waals surface area (Å²) in [5.74, 6) is 1.21. The lowest BCUT2D eigenvalue weighted by molar-refractivity contribution is -0.137. The molecule has 0 aliphatic carbocycles. The van der Waals surface area contributed by atoms with Gasteiger partial charge < -0.3 is 4.74 Å². The van der Waals surface area contributed by atoms with Crippen molar-refractivity contribution in [1.29, 1.82) is 0 Å². The molecule has 2 aromatic rings. The quantitative estimate of drug-likeness (QED) is 0.367. The van der Waals surface area contributed by atoms with Crippen LogP contribution in [0.15, 0.2) is 24.3 Å². The maximum Gasteiger partial charge on any atom is 0.416 e. The highest BCUT2D eigenvalue weighted by atomic mass is 19.4. The molecule has 0 aliphatic rings. The topological polar surface area (TPSA) is 98.4 Å². The Morgan fingerprint density at radius 3 is 2.39 bits per heavy atom. The molecule has 1 aromatic carbocycles. The second-order valence-corrected chi connectivity index (χ2v) is 5.81. The van der Waals surface area contributed by atoms with E-state index < -0.39 is 35.3 Å². The number of carbonyl (C=O) groups excluding carboxylic acids is 2. The first-order chi connectivity index (χ1) is 13.0. The summed E-state index contributed by atoms with van der Waals surface area (Å²) >= 11 is 0. The fraction of sp³-hybridized carbons (Fsp3) is 0.294. The molecule has 11 heteroatoms. The number of amides is 2. The van der Waals surface area contributed by atoms with Crippen LogP contribution in [0, 0.1) is 12.7 Å². The minimum atomic E-state index is -4.73. The van der Waals surface area contributed by atoms with Crippen molar-refractivity contribution in [1.82, 2.24) is 15.0 Å². The van der Waals surface area contributed by atoms with Gasteiger partial charge in [-0.2, -0.15) is 18.2 Å². The first-order valence-corrected chi connectivity index (χ1v) is 7.85. The molecular formula is C17H16F4N4O3. The number of rotatable bonds is 4. The van der Waals surface area contributed by atoms with Crippen molar-refractivity contribution < 1.29 is 31.9 Å². The van der Waals surface area contributed by atoms with Gasteiger partial charge in [-0.25, -0.2) is 20.2 Å². The van der Waals surface area contributed by atoms with Gasteiger partial charge in [-0.3, -0.25) is 9.59 Å². The number of alkyl halides is 3. The molecule has 0 saturated carbocycles. The van der Waals surface area contributed by atoms with Crippen LogP contribution in [0.4, 0.5) is 17.6 Å². The average Bonchev–Trinajstić information content (AvgIpc) is 2.64. The number of benzene rings is 1. The molecule has 2 amide bonds. The molecule has 7 nitrogen and oxygen atoms in total. The average molecular weight is 400 g/mol. The summed E-state index contributed by atoms with van der Waals surface area (Å²) in [6.07, 6.45) is -4.73. The first-order valence-electron chi connectivity index (χ1n) is 7.85. The number of aryl methyl sites for hydroxylation is 1. The second kappa shape index (κ2) is 7.89. The summed E-state index contributed by atoms with van der Waals surface area (Å²) in [6, 6.07) is 2.91. The van der Waals surface area contributed by atoms with E-state index in [1.807, 2.05) is 0 Å². The van der Waals surface area contributed by atoms with Crippen molar-refractivity contribution in [2.24, 2.45) is 5.84 Å². The number of halogens is 4. The SMILES string of the molecule is COc1cc(C(=O)N(N)C(=O)C(C)c2ccc(C(F)(F)F)cc2F)nc(C)n1. The summed E-state index contributed by atoms with van der Waals surface area (Å²) in [5, 5.41) is 0.225. The van der Waals surface area contributed by atoms with E-state index in [1.54, 1.807) is 0 Å². The third-order valence-corrected chi connectivity index (χ3v) is 3.86. The maximum atomic E-state index is 14.1. The van der Waals surface area contributed by atoms with E-state index in [-0.39, 0.29) is 34.0 Å². The van der Waals surface area contributed by atoms with Crippen LogP contribution in [0.1, 0.15) is 40.3 Å². The van der Waals surface area contributed by atoms with Crippen molar-refractivity contribution in [2.45, 2.75) is 25.9 Å². The Labute approximate surface area is 157 Å². The molecule has 0 saturated heterocycles. The van der Waals surface area contributed by atoms with Gasteiger partial charge in [0.15, 0.2) is 0 Å². The molecule has 0 bridgehead atoms. The lowest BCUT2D eigenvalue weighted by atomic mass is 9.97.